The van der Waals surface area contributed by atoms with Gasteiger partial charge in [-0.2, -0.15) is 0 Å². The molecule has 5 heteroatoms. The van der Waals surface area contributed by atoms with E-state index in [-0.39, 0.29) is 42.0 Å². The molecule has 2 fully saturated rings. The van der Waals surface area contributed by atoms with Crippen LogP contribution >= 0.6 is 23.2 Å². The number of amides is 2. The summed E-state index contributed by atoms with van der Waals surface area (Å²) < 4.78 is 0. The van der Waals surface area contributed by atoms with Crippen molar-refractivity contribution in [1.82, 2.24) is 4.90 Å². The minimum absolute atomic E-state index is 0.0277. The Morgan fingerprint density at radius 3 is 2.05 bits per heavy atom. The number of hydrogen-bond donors (Lipinski definition) is 0. The number of allylic oxidation sites excluding steroid dienone is 2. The predicted octanol–water partition coefficient (Wildman–Crippen LogP) is 3.69. The second-order valence-electron chi connectivity index (χ2n) is 6.35. The molecule has 5 rings (SSSR count). The van der Waals surface area contributed by atoms with Gasteiger partial charge in [-0.25, -0.2) is 0 Å². The Bertz CT molecular complexity index is 668. The molecule has 1 aromatic carbocycles. The van der Waals surface area contributed by atoms with Crippen molar-refractivity contribution in [1.29, 1.82) is 0 Å². The molecule has 3 aliphatic carbocycles. The summed E-state index contributed by atoms with van der Waals surface area (Å²) in [5.41, 5.74) is 0.829. The molecule has 22 heavy (non-hydrogen) atoms. The van der Waals surface area contributed by atoms with E-state index in [1.54, 1.807) is 12.1 Å². The largest absolute Gasteiger partial charge is 0.278 e. The maximum Gasteiger partial charge on any atom is 0.234 e. The molecule has 1 aliphatic heterocycles. The van der Waals surface area contributed by atoms with E-state index >= 15 is 0 Å². The summed E-state index contributed by atoms with van der Waals surface area (Å²) in [4.78, 5) is 26.8. The fraction of sp³-hybridized carbons (Fsp3) is 0.412. The van der Waals surface area contributed by atoms with Crippen LogP contribution < -0.4 is 0 Å². The lowest BCUT2D eigenvalue weighted by molar-refractivity contribution is -0.140. The molecule has 1 heterocycles. The topological polar surface area (TPSA) is 37.4 Å². The minimum Gasteiger partial charge on any atom is -0.278 e. The predicted molar refractivity (Wildman–Crippen MR) is 84.4 cm³/mol. The smallest absolute Gasteiger partial charge is 0.234 e. The van der Waals surface area contributed by atoms with Gasteiger partial charge in [0.05, 0.1) is 28.4 Å². The van der Waals surface area contributed by atoms with Gasteiger partial charge in [0.25, 0.3) is 0 Å². The number of nitrogens with zero attached hydrogens (tertiary/aromatic N) is 1. The van der Waals surface area contributed by atoms with E-state index in [1.165, 1.54) is 4.90 Å². The van der Waals surface area contributed by atoms with Crippen molar-refractivity contribution in [2.45, 2.75) is 19.4 Å². The molecule has 0 spiro atoms. The zero-order valence-corrected chi connectivity index (χ0v) is 13.3. The van der Waals surface area contributed by atoms with Crippen LogP contribution in [0.5, 0.6) is 0 Å². The molecule has 3 nitrogen and oxygen atoms in total. The van der Waals surface area contributed by atoms with Crippen LogP contribution in [0.25, 0.3) is 0 Å². The fourth-order valence-electron chi connectivity index (χ4n) is 4.11. The maximum atomic E-state index is 12.7. The van der Waals surface area contributed by atoms with Crippen LogP contribution in [0.1, 0.15) is 18.4 Å². The van der Waals surface area contributed by atoms with Crippen LogP contribution in [0.2, 0.25) is 10.0 Å². The molecule has 0 radical (unpaired) electrons. The molecule has 1 saturated carbocycles. The van der Waals surface area contributed by atoms with Crippen molar-refractivity contribution in [3.8, 4) is 0 Å². The zero-order valence-electron chi connectivity index (χ0n) is 11.8. The van der Waals surface area contributed by atoms with E-state index in [0.717, 1.165) is 18.4 Å². The van der Waals surface area contributed by atoms with Crippen LogP contribution in [0.3, 0.4) is 0 Å². The molecule has 0 unspecified atom stereocenters. The first-order valence-corrected chi connectivity index (χ1v) is 8.29. The molecule has 2 amide bonds. The number of hydrogen-bond acceptors (Lipinski definition) is 2. The zero-order chi connectivity index (χ0) is 15.4. The van der Waals surface area contributed by atoms with Crippen molar-refractivity contribution in [2.24, 2.45) is 23.7 Å². The molecule has 1 aromatic rings. The monoisotopic (exact) mass is 335 g/mol. The molecule has 114 valence electrons. The molecule has 1 saturated heterocycles. The lowest BCUT2D eigenvalue weighted by atomic mass is 9.63. The van der Waals surface area contributed by atoms with Crippen molar-refractivity contribution >= 4 is 35.0 Å². The molecule has 0 aromatic heterocycles. The Labute approximate surface area is 138 Å². The summed E-state index contributed by atoms with van der Waals surface area (Å²) >= 11 is 11.9. The van der Waals surface area contributed by atoms with E-state index < -0.39 is 0 Å². The number of halogens is 2. The van der Waals surface area contributed by atoms with Crippen molar-refractivity contribution in [3.05, 3.63) is 46.0 Å². The van der Waals surface area contributed by atoms with Gasteiger partial charge in [-0.05, 0) is 42.4 Å². The van der Waals surface area contributed by atoms with E-state index in [2.05, 4.69) is 12.2 Å². The first-order valence-electron chi connectivity index (χ1n) is 7.54. The second kappa shape index (κ2) is 5.10. The molecular weight excluding hydrogens is 321 g/mol. The van der Waals surface area contributed by atoms with Gasteiger partial charge in [0.2, 0.25) is 11.8 Å². The Morgan fingerprint density at radius 1 is 0.955 bits per heavy atom. The van der Waals surface area contributed by atoms with Crippen molar-refractivity contribution in [3.63, 3.8) is 0 Å². The summed E-state index contributed by atoms with van der Waals surface area (Å²) in [5, 5.41) is 0.915. The molecule has 0 N–H and O–H groups in total. The number of rotatable bonds is 2. The number of likely N-dealkylation sites (tertiary alicyclic amines) is 1. The van der Waals surface area contributed by atoms with Crippen molar-refractivity contribution < 1.29 is 9.59 Å². The molecule has 4 aliphatic rings. The highest BCUT2D eigenvalue weighted by Crippen LogP contribution is 2.49. The van der Waals surface area contributed by atoms with Gasteiger partial charge in [-0.1, -0.05) is 41.4 Å². The van der Waals surface area contributed by atoms with Crippen LogP contribution in [0.15, 0.2) is 30.4 Å². The SMILES string of the molecule is O=C1[C@@H]2[C@@H](C(=O)N1Cc1ccc(Cl)c(Cl)c1)[C@H]1C=C[C@H]2CC1. The maximum absolute atomic E-state index is 12.7. The minimum atomic E-state index is -0.154. The highest BCUT2D eigenvalue weighted by atomic mass is 35.5. The van der Waals surface area contributed by atoms with Crippen molar-refractivity contribution in [2.75, 3.05) is 0 Å². The number of fused-ring (bicyclic) bond motifs is 1. The molecular formula is C17H15Cl2NO2. The van der Waals surface area contributed by atoms with Gasteiger partial charge in [-0.3, -0.25) is 14.5 Å². The highest BCUT2D eigenvalue weighted by molar-refractivity contribution is 6.42. The Balaban J connectivity index is 1.62. The first-order chi connectivity index (χ1) is 10.6. The number of imide groups is 1. The standard InChI is InChI=1S/C17H15Cl2NO2/c18-12-6-1-9(7-13(12)19)8-20-16(21)14-10-2-3-11(5-4-10)15(14)17(20)22/h1-3,6-7,10-11,14-15H,4-5,8H2/t10-,11-,14-,15-/m0/s1. The quantitative estimate of drug-likeness (QED) is 0.610. The average Bonchev–Trinajstić information content (AvgIpc) is 2.79. The lowest BCUT2D eigenvalue weighted by Gasteiger charge is -2.38. The number of benzene rings is 1. The molecule has 2 bridgehead atoms. The van der Waals surface area contributed by atoms with Gasteiger partial charge in [0.15, 0.2) is 0 Å². The van der Waals surface area contributed by atoms with Gasteiger partial charge in [-0.15, -0.1) is 0 Å². The van der Waals surface area contributed by atoms with Gasteiger partial charge in [0.1, 0.15) is 0 Å². The highest BCUT2D eigenvalue weighted by Gasteiger charge is 2.56. The Morgan fingerprint density at radius 2 is 1.55 bits per heavy atom. The summed E-state index contributed by atoms with van der Waals surface area (Å²) in [5.74, 6) is 0.0915. The van der Waals surface area contributed by atoms with Crippen LogP contribution in [0, 0.1) is 23.7 Å². The van der Waals surface area contributed by atoms with E-state index in [1.807, 2.05) is 6.07 Å². The summed E-state index contributed by atoms with van der Waals surface area (Å²) in [6.45, 7) is 0.279. The third-order valence-corrected chi connectivity index (χ3v) is 5.91. The number of carbonyl (C=O) groups excluding carboxylic acids is 2. The second-order valence-corrected chi connectivity index (χ2v) is 7.17. The van der Waals surface area contributed by atoms with Gasteiger partial charge in [0, 0.05) is 0 Å². The van der Waals surface area contributed by atoms with E-state index in [0.29, 0.717) is 10.0 Å². The first kappa shape index (κ1) is 14.3. The summed E-state index contributed by atoms with van der Waals surface area (Å²) in [6.07, 6.45) is 6.29. The average molecular weight is 336 g/mol. The molecule has 4 atom stereocenters. The Hall–Kier alpha value is -1.32. The van der Waals surface area contributed by atoms with E-state index in [4.69, 9.17) is 23.2 Å². The Kier molecular flexibility index (Phi) is 3.31. The summed E-state index contributed by atoms with van der Waals surface area (Å²) in [6, 6.07) is 5.23. The lowest BCUT2D eigenvalue weighted by Crippen LogP contribution is -2.38. The van der Waals surface area contributed by atoms with Gasteiger partial charge < -0.3 is 0 Å². The van der Waals surface area contributed by atoms with E-state index in [9.17, 15) is 9.59 Å². The summed E-state index contributed by atoms with van der Waals surface area (Å²) in [7, 11) is 0. The number of carbonyl (C=O) groups is 2. The van der Waals surface area contributed by atoms with Crippen LogP contribution in [-0.4, -0.2) is 16.7 Å². The third kappa shape index (κ3) is 2.03. The normalized spacial score (nSPS) is 32.7. The van der Waals surface area contributed by atoms with Crippen LogP contribution in [-0.2, 0) is 16.1 Å². The van der Waals surface area contributed by atoms with Gasteiger partial charge >= 0.3 is 0 Å². The van der Waals surface area contributed by atoms with Crippen LogP contribution in [0.4, 0.5) is 0 Å². The third-order valence-electron chi connectivity index (χ3n) is 5.18. The fourth-order valence-corrected chi connectivity index (χ4v) is 4.43.